The first-order valence-electron chi connectivity index (χ1n) is 7.33. The molecule has 1 aliphatic carbocycles. The van der Waals surface area contributed by atoms with Crippen LogP contribution in [0.25, 0.3) is 0 Å². The molecule has 0 amide bonds. The van der Waals surface area contributed by atoms with Crippen molar-refractivity contribution in [3.05, 3.63) is 0 Å². The van der Waals surface area contributed by atoms with Crippen molar-refractivity contribution >= 4 is 9.84 Å². The summed E-state index contributed by atoms with van der Waals surface area (Å²) in [6, 6.07) is 0.156. The average molecular weight is 275 g/mol. The van der Waals surface area contributed by atoms with E-state index in [4.69, 9.17) is 0 Å². The zero-order chi connectivity index (χ0) is 13.8. The Morgan fingerprint density at radius 2 is 1.72 bits per heavy atom. The Morgan fingerprint density at radius 3 is 2.17 bits per heavy atom. The van der Waals surface area contributed by atoms with E-state index in [1.165, 1.54) is 25.7 Å². The van der Waals surface area contributed by atoms with E-state index in [2.05, 4.69) is 12.2 Å². The minimum atomic E-state index is -2.98. The number of sulfone groups is 1. The highest BCUT2D eigenvalue weighted by Gasteiger charge is 2.32. The van der Waals surface area contributed by atoms with Gasteiger partial charge in [0.2, 0.25) is 0 Å². The zero-order valence-corrected chi connectivity index (χ0v) is 13.1. The SMILES string of the molecule is CCNC(CS(=O)(=O)C(C)C(C)C)C1CCCC1. The minimum absolute atomic E-state index is 0.156. The molecule has 2 atom stereocenters. The van der Waals surface area contributed by atoms with E-state index in [1.54, 1.807) is 0 Å². The van der Waals surface area contributed by atoms with Gasteiger partial charge in [0.1, 0.15) is 0 Å². The van der Waals surface area contributed by atoms with Crippen LogP contribution >= 0.6 is 0 Å². The van der Waals surface area contributed by atoms with Gasteiger partial charge in [-0.05, 0) is 38.1 Å². The fraction of sp³-hybridized carbons (Fsp3) is 1.00. The molecular formula is C14H29NO2S. The van der Waals surface area contributed by atoms with Crippen molar-refractivity contribution in [1.29, 1.82) is 0 Å². The second kappa shape index (κ2) is 6.90. The molecule has 4 heteroatoms. The molecule has 2 unspecified atom stereocenters. The molecule has 0 aromatic carbocycles. The first-order chi connectivity index (χ1) is 8.38. The van der Waals surface area contributed by atoms with Crippen LogP contribution in [0.1, 0.15) is 53.4 Å². The molecule has 1 fully saturated rings. The van der Waals surface area contributed by atoms with Gasteiger partial charge in [0, 0.05) is 6.04 Å². The Balaban J connectivity index is 2.70. The van der Waals surface area contributed by atoms with Gasteiger partial charge in [-0.2, -0.15) is 0 Å². The van der Waals surface area contributed by atoms with Gasteiger partial charge >= 0.3 is 0 Å². The molecule has 1 saturated carbocycles. The maximum atomic E-state index is 12.4. The molecule has 108 valence electrons. The zero-order valence-electron chi connectivity index (χ0n) is 12.3. The number of nitrogens with one attached hydrogen (secondary N) is 1. The molecule has 18 heavy (non-hydrogen) atoms. The fourth-order valence-electron chi connectivity index (χ4n) is 2.80. The standard InChI is InChI=1S/C14H29NO2S/c1-5-15-14(13-8-6-7-9-13)10-18(16,17)12(4)11(2)3/h11-15H,5-10H2,1-4H3. The lowest BCUT2D eigenvalue weighted by Gasteiger charge is -2.26. The van der Waals surface area contributed by atoms with Gasteiger partial charge in [0.05, 0.1) is 11.0 Å². The molecule has 1 rings (SSSR count). The Kier molecular flexibility index (Phi) is 6.12. The van der Waals surface area contributed by atoms with Gasteiger partial charge in [-0.1, -0.05) is 33.6 Å². The fourth-order valence-corrected chi connectivity index (χ4v) is 4.82. The van der Waals surface area contributed by atoms with Crippen LogP contribution in [-0.2, 0) is 9.84 Å². The van der Waals surface area contributed by atoms with E-state index in [0.717, 1.165) is 6.54 Å². The highest BCUT2D eigenvalue weighted by Crippen LogP contribution is 2.29. The third-order valence-electron chi connectivity index (χ3n) is 4.35. The van der Waals surface area contributed by atoms with Crippen molar-refractivity contribution < 1.29 is 8.42 Å². The van der Waals surface area contributed by atoms with Gasteiger partial charge < -0.3 is 5.32 Å². The summed E-state index contributed by atoms with van der Waals surface area (Å²) in [7, 11) is -2.98. The summed E-state index contributed by atoms with van der Waals surface area (Å²) in [5.41, 5.74) is 0. The quantitative estimate of drug-likeness (QED) is 0.777. The molecule has 0 aromatic heterocycles. The van der Waals surface area contributed by atoms with Crippen molar-refractivity contribution in [2.75, 3.05) is 12.3 Å². The van der Waals surface area contributed by atoms with Crippen LogP contribution in [0, 0.1) is 11.8 Å². The summed E-state index contributed by atoms with van der Waals surface area (Å²) in [4.78, 5) is 0. The molecule has 0 saturated heterocycles. The number of hydrogen-bond acceptors (Lipinski definition) is 3. The van der Waals surface area contributed by atoms with E-state index in [9.17, 15) is 8.42 Å². The highest BCUT2D eigenvalue weighted by molar-refractivity contribution is 7.92. The second-order valence-electron chi connectivity index (χ2n) is 5.99. The van der Waals surface area contributed by atoms with E-state index >= 15 is 0 Å². The highest BCUT2D eigenvalue weighted by atomic mass is 32.2. The Hall–Kier alpha value is -0.0900. The number of hydrogen-bond donors (Lipinski definition) is 1. The van der Waals surface area contributed by atoms with Crippen molar-refractivity contribution in [2.24, 2.45) is 11.8 Å². The van der Waals surface area contributed by atoms with E-state index < -0.39 is 9.84 Å². The first kappa shape index (κ1) is 16.0. The molecule has 0 bridgehead atoms. The van der Waals surface area contributed by atoms with Crippen molar-refractivity contribution in [1.82, 2.24) is 5.32 Å². The summed E-state index contributed by atoms with van der Waals surface area (Å²) >= 11 is 0. The maximum absolute atomic E-state index is 12.4. The minimum Gasteiger partial charge on any atom is -0.313 e. The Labute approximate surface area is 113 Å². The molecule has 3 nitrogen and oxygen atoms in total. The molecule has 0 aliphatic heterocycles. The monoisotopic (exact) mass is 275 g/mol. The average Bonchev–Trinajstić information content (AvgIpc) is 2.80. The lowest BCUT2D eigenvalue weighted by molar-refractivity contribution is 0.387. The van der Waals surface area contributed by atoms with E-state index in [1.807, 2.05) is 20.8 Å². The molecule has 0 aromatic rings. The van der Waals surface area contributed by atoms with Gasteiger partial charge in [-0.15, -0.1) is 0 Å². The lowest BCUT2D eigenvalue weighted by atomic mass is 10.00. The molecule has 0 radical (unpaired) electrons. The van der Waals surface area contributed by atoms with Crippen molar-refractivity contribution in [2.45, 2.75) is 64.7 Å². The largest absolute Gasteiger partial charge is 0.313 e. The van der Waals surface area contributed by atoms with Gasteiger partial charge in [-0.25, -0.2) is 8.42 Å². The molecule has 1 N–H and O–H groups in total. The predicted molar refractivity (Wildman–Crippen MR) is 77.5 cm³/mol. The summed E-state index contributed by atoms with van der Waals surface area (Å²) in [5, 5.41) is 3.16. The predicted octanol–water partition coefficient (Wildman–Crippen LogP) is 2.61. The summed E-state index contributed by atoms with van der Waals surface area (Å²) in [6.45, 7) is 8.73. The third kappa shape index (κ3) is 4.23. The van der Waals surface area contributed by atoms with Crippen LogP contribution in [0.2, 0.25) is 0 Å². The topological polar surface area (TPSA) is 46.2 Å². The van der Waals surface area contributed by atoms with Gasteiger partial charge in [0.25, 0.3) is 0 Å². The summed E-state index contributed by atoms with van der Waals surface area (Å²) < 4.78 is 24.7. The Morgan fingerprint density at radius 1 is 1.17 bits per heavy atom. The normalized spacial score (nSPS) is 21.4. The van der Waals surface area contributed by atoms with Gasteiger partial charge in [-0.3, -0.25) is 0 Å². The van der Waals surface area contributed by atoms with Crippen molar-refractivity contribution in [3.63, 3.8) is 0 Å². The maximum Gasteiger partial charge on any atom is 0.154 e. The molecule has 0 spiro atoms. The summed E-state index contributed by atoms with van der Waals surface area (Å²) in [6.07, 6.45) is 4.88. The molecule has 1 aliphatic rings. The van der Waals surface area contributed by atoms with Gasteiger partial charge in [0.15, 0.2) is 9.84 Å². The van der Waals surface area contributed by atoms with Crippen molar-refractivity contribution in [3.8, 4) is 0 Å². The van der Waals surface area contributed by atoms with Crippen LogP contribution in [0.4, 0.5) is 0 Å². The van der Waals surface area contributed by atoms with Crippen LogP contribution < -0.4 is 5.32 Å². The van der Waals surface area contributed by atoms with Crippen LogP contribution in [-0.4, -0.2) is 32.0 Å². The van der Waals surface area contributed by atoms with Crippen LogP contribution in [0.5, 0.6) is 0 Å². The first-order valence-corrected chi connectivity index (χ1v) is 9.05. The number of rotatable bonds is 7. The lowest BCUT2D eigenvalue weighted by Crippen LogP contribution is -2.43. The Bertz CT molecular complexity index is 332. The summed E-state index contributed by atoms with van der Waals surface area (Å²) in [5.74, 6) is 1.06. The van der Waals surface area contributed by atoms with E-state index in [0.29, 0.717) is 11.7 Å². The van der Waals surface area contributed by atoms with Crippen LogP contribution in [0.15, 0.2) is 0 Å². The second-order valence-corrected chi connectivity index (χ2v) is 8.39. The van der Waals surface area contributed by atoms with E-state index in [-0.39, 0.29) is 17.2 Å². The molecule has 0 heterocycles. The third-order valence-corrected chi connectivity index (χ3v) is 6.85. The molecular weight excluding hydrogens is 246 g/mol. The van der Waals surface area contributed by atoms with Crippen LogP contribution in [0.3, 0.4) is 0 Å². The smallest absolute Gasteiger partial charge is 0.154 e.